The summed E-state index contributed by atoms with van der Waals surface area (Å²) >= 11 is 0. The molecule has 0 aromatic rings. The van der Waals surface area contributed by atoms with E-state index >= 15 is 0 Å². The minimum Gasteiger partial charge on any atom is -0.462 e. The molecule has 496 valence electrons. The number of aliphatic hydroxyl groups is 1. The Morgan fingerprint density at radius 3 is 0.756 bits per heavy atom. The molecule has 1 atom stereocenters. The molecule has 0 rings (SSSR count). The molecule has 0 heterocycles. The lowest BCUT2D eigenvalue weighted by Gasteiger charge is -2.15. The maximum absolute atomic E-state index is 12.4. The Kier molecular flexibility index (Phi) is 72.8. The van der Waals surface area contributed by atoms with Gasteiger partial charge in [0.1, 0.15) is 6.61 Å². The average molecular weight is 1200 g/mol. The van der Waals surface area contributed by atoms with Crippen LogP contribution in [0.4, 0.5) is 0 Å². The number of rotatable bonds is 69. The Morgan fingerprint density at radius 2 is 0.500 bits per heavy atom. The third-order valence-corrected chi connectivity index (χ3v) is 16.6. The van der Waals surface area contributed by atoms with Crippen LogP contribution >= 0.6 is 0 Å². The molecule has 0 aromatic heterocycles. The van der Waals surface area contributed by atoms with E-state index in [0.29, 0.717) is 12.8 Å². The summed E-state index contributed by atoms with van der Waals surface area (Å²) in [6.07, 6.45) is 110. The van der Waals surface area contributed by atoms with Gasteiger partial charge in [-0.2, -0.15) is 0 Å². The largest absolute Gasteiger partial charge is 0.462 e. The van der Waals surface area contributed by atoms with E-state index in [-0.39, 0.29) is 25.2 Å². The quantitative estimate of drug-likeness (QED) is 0.0373. The van der Waals surface area contributed by atoms with Gasteiger partial charge < -0.3 is 14.6 Å². The molecule has 0 fully saturated rings. The molecule has 0 aliphatic carbocycles. The Bertz CT molecular complexity index is 1640. The van der Waals surface area contributed by atoms with Crippen LogP contribution in [-0.4, -0.2) is 36.4 Å². The molecule has 86 heavy (non-hydrogen) atoms. The summed E-state index contributed by atoms with van der Waals surface area (Å²) in [4.78, 5) is 24.7. The predicted molar refractivity (Wildman–Crippen MR) is 380 cm³/mol. The number of ether oxygens (including phenoxy) is 2. The van der Waals surface area contributed by atoms with Crippen molar-refractivity contribution in [2.75, 3.05) is 13.2 Å². The Balaban J connectivity index is 3.43. The Hall–Kier alpha value is -3.44. The fourth-order valence-electron chi connectivity index (χ4n) is 11.0. The fraction of sp³-hybridized carbons (Fsp3) is 0.753. The predicted octanol–water partition coefficient (Wildman–Crippen LogP) is 26.3. The second kappa shape index (κ2) is 75.8. The monoisotopic (exact) mass is 1200 g/mol. The first kappa shape index (κ1) is 82.6. The van der Waals surface area contributed by atoms with Gasteiger partial charge in [-0.3, -0.25) is 9.59 Å². The smallest absolute Gasteiger partial charge is 0.306 e. The highest BCUT2D eigenvalue weighted by Crippen LogP contribution is 2.18. The summed E-state index contributed by atoms with van der Waals surface area (Å²) in [7, 11) is 0. The van der Waals surface area contributed by atoms with E-state index in [1.54, 1.807) is 0 Å². The van der Waals surface area contributed by atoms with Crippen molar-refractivity contribution in [1.29, 1.82) is 0 Å². The van der Waals surface area contributed by atoms with Crippen LogP contribution in [0.25, 0.3) is 0 Å². The third kappa shape index (κ3) is 73.0. The van der Waals surface area contributed by atoms with Gasteiger partial charge in [0.15, 0.2) is 6.10 Å². The van der Waals surface area contributed by atoms with Gasteiger partial charge in [0, 0.05) is 12.8 Å². The highest BCUT2D eigenvalue weighted by Gasteiger charge is 2.16. The number of allylic oxidation sites excluding steroid dienone is 18. The van der Waals surface area contributed by atoms with Crippen LogP contribution in [0, 0.1) is 0 Å². The number of esters is 2. The van der Waals surface area contributed by atoms with Crippen LogP contribution in [-0.2, 0) is 19.1 Å². The van der Waals surface area contributed by atoms with Gasteiger partial charge in [-0.05, 0) is 103 Å². The van der Waals surface area contributed by atoms with Gasteiger partial charge >= 0.3 is 11.9 Å². The van der Waals surface area contributed by atoms with Crippen molar-refractivity contribution in [1.82, 2.24) is 0 Å². The van der Waals surface area contributed by atoms with E-state index in [1.807, 2.05) is 0 Å². The molecule has 0 aliphatic rings. The number of unbranched alkanes of at least 4 members (excludes halogenated alkanes) is 43. The summed E-state index contributed by atoms with van der Waals surface area (Å²) in [5, 5.41) is 9.72. The molecule has 5 nitrogen and oxygen atoms in total. The summed E-state index contributed by atoms with van der Waals surface area (Å²) in [6.45, 7) is 4.05. The summed E-state index contributed by atoms with van der Waals surface area (Å²) in [5.74, 6) is -0.577. The van der Waals surface area contributed by atoms with Crippen molar-refractivity contribution in [3.63, 3.8) is 0 Å². The summed E-state index contributed by atoms with van der Waals surface area (Å²) in [6, 6.07) is 0. The van der Waals surface area contributed by atoms with Gasteiger partial charge in [0.2, 0.25) is 0 Å². The van der Waals surface area contributed by atoms with E-state index in [9.17, 15) is 14.7 Å². The van der Waals surface area contributed by atoms with Gasteiger partial charge in [-0.25, -0.2) is 0 Å². The summed E-state index contributed by atoms with van der Waals surface area (Å²) in [5.41, 5.74) is 0. The average Bonchev–Trinajstić information content (AvgIpc) is 3.55. The molecular weight excluding hydrogens is 1050 g/mol. The van der Waals surface area contributed by atoms with Crippen LogP contribution in [0.3, 0.4) is 0 Å². The van der Waals surface area contributed by atoms with Crippen molar-refractivity contribution in [3.05, 3.63) is 109 Å². The fourth-order valence-corrected chi connectivity index (χ4v) is 11.0. The van der Waals surface area contributed by atoms with E-state index in [4.69, 9.17) is 9.47 Å². The van der Waals surface area contributed by atoms with Crippen LogP contribution in [0.2, 0.25) is 0 Å². The molecule has 0 bridgehead atoms. The van der Waals surface area contributed by atoms with Crippen molar-refractivity contribution in [2.45, 2.75) is 380 Å². The Morgan fingerprint density at radius 1 is 0.279 bits per heavy atom. The van der Waals surface area contributed by atoms with E-state index in [2.05, 4.69) is 123 Å². The molecule has 0 aliphatic heterocycles. The zero-order chi connectivity index (χ0) is 61.9. The number of carbonyl (C=O) groups excluding carboxylic acids is 2. The Labute approximate surface area is 535 Å². The number of aliphatic hydroxyl groups excluding tert-OH is 1. The van der Waals surface area contributed by atoms with E-state index in [1.165, 1.54) is 257 Å². The molecule has 1 N–H and O–H groups in total. The lowest BCUT2D eigenvalue weighted by atomic mass is 10.0. The highest BCUT2D eigenvalue weighted by molar-refractivity contribution is 5.70. The molecule has 1 unspecified atom stereocenters. The lowest BCUT2D eigenvalue weighted by Crippen LogP contribution is -2.28. The summed E-state index contributed by atoms with van der Waals surface area (Å²) < 4.78 is 10.8. The normalized spacial score (nSPS) is 12.8. The first-order chi connectivity index (χ1) is 42.6. The number of hydrogen-bond acceptors (Lipinski definition) is 5. The van der Waals surface area contributed by atoms with Gasteiger partial charge in [0.05, 0.1) is 6.61 Å². The zero-order valence-electron chi connectivity index (χ0n) is 57.1. The maximum Gasteiger partial charge on any atom is 0.306 e. The standard InChI is InChI=1S/C81H142O5/c1-3-5-7-9-11-13-15-17-19-21-23-25-27-29-31-33-35-37-38-39-40-41-42-44-45-47-49-51-53-55-57-59-61-63-65-67-69-71-73-75-80(83)85-78-79(77-82)86-81(84)76-74-72-70-68-66-64-62-60-58-56-54-52-50-48-46-43-36-34-32-30-28-26-24-22-20-18-16-14-12-10-8-6-4-2/h6,8,12,14-15,17-18,20-21,23-24,26-27,29-30,32,36,43,79,82H,3-5,7,9-11,13,16,19,22,25,28,31,33-35,37-42,44-78H2,1-2H3/b8-6-,14-12-,17-15-,20-18-,23-21-,26-24-,29-27-,32-30-,43-36-. The third-order valence-electron chi connectivity index (χ3n) is 16.6. The molecule has 0 radical (unpaired) electrons. The molecule has 0 amide bonds. The zero-order valence-corrected chi connectivity index (χ0v) is 57.1. The minimum absolute atomic E-state index is 0.0657. The number of hydrogen-bond donors (Lipinski definition) is 1. The van der Waals surface area contributed by atoms with Crippen molar-refractivity contribution in [2.24, 2.45) is 0 Å². The second-order valence-electron chi connectivity index (χ2n) is 25.0. The van der Waals surface area contributed by atoms with Crippen LogP contribution in [0.15, 0.2) is 109 Å². The molecule has 5 heteroatoms. The molecule has 0 spiro atoms. The first-order valence-corrected chi connectivity index (χ1v) is 37.4. The second-order valence-corrected chi connectivity index (χ2v) is 25.0. The van der Waals surface area contributed by atoms with Crippen LogP contribution in [0.1, 0.15) is 373 Å². The molecule has 0 saturated carbocycles. The van der Waals surface area contributed by atoms with Crippen molar-refractivity contribution >= 4 is 11.9 Å². The van der Waals surface area contributed by atoms with Crippen LogP contribution < -0.4 is 0 Å². The van der Waals surface area contributed by atoms with Gasteiger partial charge in [0.25, 0.3) is 0 Å². The molecule has 0 aromatic carbocycles. The van der Waals surface area contributed by atoms with Crippen molar-refractivity contribution in [3.8, 4) is 0 Å². The molecule has 0 saturated heterocycles. The van der Waals surface area contributed by atoms with Crippen LogP contribution in [0.5, 0.6) is 0 Å². The lowest BCUT2D eigenvalue weighted by molar-refractivity contribution is -0.161. The maximum atomic E-state index is 12.4. The van der Waals surface area contributed by atoms with Gasteiger partial charge in [-0.1, -0.05) is 367 Å². The highest BCUT2D eigenvalue weighted by atomic mass is 16.6. The topological polar surface area (TPSA) is 72.8 Å². The van der Waals surface area contributed by atoms with E-state index < -0.39 is 6.10 Å². The van der Waals surface area contributed by atoms with Gasteiger partial charge in [-0.15, -0.1) is 0 Å². The SMILES string of the molecule is CC/C=C\C/C=C\C/C=C\C/C=C\C/C=C\C/C=C\CCCCCCCCCCCCCCCCC(=O)OC(CO)COC(=O)CCCCCCCCCCCCCCCCCCCCCCCCCC/C=C\C/C=C\C/C=C\CCCCCCC. The first-order valence-electron chi connectivity index (χ1n) is 37.4. The molecular formula is C81H142O5. The minimum atomic E-state index is -0.777. The van der Waals surface area contributed by atoms with E-state index in [0.717, 1.165) is 89.9 Å². The number of carbonyl (C=O) groups is 2. The van der Waals surface area contributed by atoms with Crippen molar-refractivity contribution < 1.29 is 24.2 Å².